The van der Waals surface area contributed by atoms with E-state index in [0.29, 0.717) is 31.4 Å². The van der Waals surface area contributed by atoms with E-state index in [1.54, 1.807) is 48.5 Å². The summed E-state index contributed by atoms with van der Waals surface area (Å²) in [4.78, 5) is 57.6. The molecule has 2 aromatic carbocycles. The van der Waals surface area contributed by atoms with Crippen LogP contribution in [0.15, 0.2) is 36.4 Å². The van der Waals surface area contributed by atoms with E-state index in [4.69, 9.17) is 46.1 Å². The third-order valence-corrected chi connectivity index (χ3v) is 9.19. The fourth-order valence-electron chi connectivity index (χ4n) is 5.77. The first-order valence-electron chi connectivity index (χ1n) is 25.3. The molecule has 4 amide bonds. The average molecular weight is 1210 g/mol. The minimum atomic E-state index is -4.96. The van der Waals surface area contributed by atoms with Crippen molar-refractivity contribution in [2.45, 2.75) is 182 Å². The van der Waals surface area contributed by atoms with Gasteiger partial charge in [-0.1, -0.05) is 41.5 Å². The molecule has 0 saturated heterocycles. The van der Waals surface area contributed by atoms with Gasteiger partial charge < -0.3 is 67.4 Å². The Labute approximate surface area is 469 Å². The van der Waals surface area contributed by atoms with E-state index in [2.05, 4.69) is 21.3 Å². The van der Waals surface area contributed by atoms with Gasteiger partial charge in [-0.3, -0.25) is 9.59 Å². The van der Waals surface area contributed by atoms with Crippen molar-refractivity contribution >= 4 is 30.0 Å². The average Bonchev–Trinajstić information content (AvgIpc) is 3.27. The van der Waals surface area contributed by atoms with Gasteiger partial charge in [0.05, 0.1) is 47.6 Å². The van der Waals surface area contributed by atoms with Gasteiger partial charge in [0.25, 0.3) is 0 Å². The number of alkyl halides is 12. The summed E-state index contributed by atoms with van der Waals surface area (Å²) >= 11 is 0. The summed E-state index contributed by atoms with van der Waals surface area (Å²) in [6.07, 6.45) is -19.7. The molecule has 2 rings (SSSR count). The standard InChI is InChI=1S/C17H22F6N2O2.C13H26N2O4.C11H21NO4.C8H4F6O.C3H9NO/c1-9(2)4-14(24)15(26)25-10(3)8-27-13-6-11(16(18,19)20)5-12(7-13)17(21,22)23;1-9(2)8-10(11(17)14-6-7-16)15-12(18)19-13(3,4)5;1-7(2)6-8(9(13)14)12-10(15)16-11(3,4)5;9-7(10,11)4-1-5(8(12,13)14)3-6(15)2-4;1-3(4)2-5/h5-7,9-10,14H,4,8,24H2,1-3H3,(H,25,26);9-10,16H,6-8H2,1-5H3,(H,14,17)(H,15,18);7-8H,6H2,1-5H3,(H,12,15)(H,13,14);1-3,15H;3,5H,2,4H2,1H3/t10-,14+;10-;8-;;3-/m011.0/s1. The van der Waals surface area contributed by atoms with E-state index in [9.17, 15) is 76.7 Å². The summed E-state index contributed by atoms with van der Waals surface area (Å²) < 4.78 is 164. The molecule has 0 saturated carbocycles. The lowest BCUT2D eigenvalue weighted by molar-refractivity contribution is -0.144. The van der Waals surface area contributed by atoms with Crippen LogP contribution >= 0.6 is 0 Å². The summed E-state index contributed by atoms with van der Waals surface area (Å²) in [5.41, 5.74) is 3.52. The number of hydrogen-bond donors (Lipinski definition) is 10. The van der Waals surface area contributed by atoms with Gasteiger partial charge in [0.2, 0.25) is 11.8 Å². The summed E-state index contributed by atoms with van der Waals surface area (Å²) in [5.74, 6) is -2.87. The molecule has 0 spiro atoms. The lowest BCUT2D eigenvalue weighted by Gasteiger charge is -2.24. The SMILES string of the molecule is CC(C)C[C@@H](N)C(=O)N[C@@H](C)COc1cc(C(F)(F)F)cc(C(F)(F)F)c1.CC(C)C[C@@H](NC(=O)OC(C)(C)C)C(=O)NCCO.CC(C)C[C@@H](NC(=O)OC(C)(C)C)C(=O)O.C[C@H](N)CO.Oc1cc(C(F)(F)F)cc(C(F)(F)F)c1. The van der Waals surface area contributed by atoms with E-state index in [1.165, 1.54) is 6.92 Å². The summed E-state index contributed by atoms with van der Waals surface area (Å²) in [6.45, 7) is 25.0. The first-order chi connectivity index (χ1) is 36.8. The smallest absolute Gasteiger partial charge is 0.416 e. The van der Waals surface area contributed by atoms with Gasteiger partial charge in [-0.25, -0.2) is 14.4 Å². The minimum Gasteiger partial charge on any atom is -0.508 e. The Morgan fingerprint density at radius 2 is 0.878 bits per heavy atom. The molecule has 0 aliphatic heterocycles. The number of aliphatic carboxylic acids is 1. The van der Waals surface area contributed by atoms with Crippen molar-refractivity contribution in [2.75, 3.05) is 26.4 Å². The first kappa shape index (κ1) is 80.2. The van der Waals surface area contributed by atoms with Crippen LogP contribution in [0, 0.1) is 17.8 Å². The highest BCUT2D eigenvalue weighted by molar-refractivity contribution is 5.85. The maximum atomic E-state index is 12.8. The molecule has 0 aliphatic rings. The molecule has 0 radical (unpaired) electrons. The van der Waals surface area contributed by atoms with Crippen molar-refractivity contribution in [3.8, 4) is 11.5 Å². The predicted octanol–water partition coefficient (Wildman–Crippen LogP) is 9.78. The second-order valence-corrected chi connectivity index (χ2v) is 21.6. The van der Waals surface area contributed by atoms with Crippen molar-refractivity contribution in [1.82, 2.24) is 21.3 Å². The van der Waals surface area contributed by atoms with Crippen molar-refractivity contribution in [2.24, 2.45) is 29.2 Å². The van der Waals surface area contributed by atoms with E-state index < -0.39 is 118 Å². The Kier molecular flexibility index (Phi) is 35.1. The lowest BCUT2D eigenvalue weighted by Crippen LogP contribution is -2.49. The number of phenols is 1. The largest absolute Gasteiger partial charge is 0.508 e. The number of carboxylic acids is 1. The van der Waals surface area contributed by atoms with Gasteiger partial charge in [0, 0.05) is 12.6 Å². The van der Waals surface area contributed by atoms with Crippen LogP contribution in [0.25, 0.3) is 0 Å². The second kappa shape index (κ2) is 35.9. The number of hydrogen-bond acceptors (Lipinski definition) is 13. The number of halogens is 12. The Morgan fingerprint density at radius 3 is 1.18 bits per heavy atom. The zero-order valence-corrected chi connectivity index (χ0v) is 48.3. The number of rotatable bonds is 18. The van der Waals surface area contributed by atoms with E-state index >= 15 is 0 Å². The number of nitrogens with one attached hydrogen (secondary N) is 4. The number of nitrogens with two attached hydrogens (primary N) is 2. The number of phenolic OH excluding ortho intramolecular Hbond substituents is 1. The summed E-state index contributed by atoms with van der Waals surface area (Å²) in [5, 5.41) is 44.3. The maximum absolute atomic E-state index is 12.8. The van der Waals surface area contributed by atoms with Crippen LogP contribution in [-0.4, -0.2) is 118 Å². The number of carbonyl (C=O) groups is 5. The zero-order chi connectivity index (χ0) is 65.1. The Balaban J connectivity index is -0.00000101. The number of benzene rings is 2. The lowest BCUT2D eigenvalue weighted by atomic mass is 10.0. The van der Waals surface area contributed by atoms with Crippen molar-refractivity contribution in [3.63, 3.8) is 0 Å². The molecule has 0 bridgehead atoms. The third kappa shape index (κ3) is 40.2. The molecule has 18 nitrogen and oxygen atoms in total. The fraction of sp³-hybridized carbons (Fsp3) is 0.673. The van der Waals surface area contributed by atoms with Crippen LogP contribution in [0.3, 0.4) is 0 Å². The molecule has 30 heteroatoms. The number of aliphatic hydroxyl groups is 2. The quantitative estimate of drug-likeness (QED) is 0.0622. The van der Waals surface area contributed by atoms with E-state index in [-0.39, 0.29) is 80.3 Å². The summed E-state index contributed by atoms with van der Waals surface area (Å²) in [6, 6.07) is -1.65. The highest BCUT2D eigenvalue weighted by Gasteiger charge is 2.39. The maximum Gasteiger partial charge on any atom is 0.416 e. The minimum absolute atomic E-state index is 0.0169. The molecule has 82 heavy (non-hydrogen) atoms. The Morgan fingerprint density at radius 1 is 0.537 bits per heavy atom. The number of carboxylic acid groups (broad SMARTS) is 1. The number of aromatic hydroxyl groups is 1. The van der Waals surface area contributed by atoms with Crippen LogP contribution in [0.4, 0.5) is 62.3 Å². The first-order valence-corrected chi connectivity index (χ1v) is 25.3. The van der Waals surface area contributed by atoms with Gasteiger partial charge >= 0.3 is 42.9 Å². The Bertz CT molecular complexity index is 2170. The molecule has 0 heterocycles. The van der Waals surface area contributed by atoms with Crippen LogP contribution < -0.4 is 37.5 Å². The molecule has 0 aliphatic carbocycles. The highest BCUT2D eigenvalue weighted by atomic mass is 19.4. The van der Waals surface area contributed by atoms with Crippen LogP contribution in [-0.2, 0) is 48.6 Å². The topological polar surface area (TPSA) is 294 Å². The van der Waals surface area contributed by atoms with Gasteiger partial charge in [-0.2, -0.15) is 52.7 Å². The van der Waals surface area contributed by atoms with Crippen LogP contribution in [0.1, 0.15) is 138 Å². The molecule has 476 valence electrons. The molecule has 5 atom stereocenters. The molecular weight excluding hydrogens is 1130 g/mol. The van der Waals surface area contributed by atoms with Gasteiger partial charge in [-0.15, -0.1) is 0 Å². The molecular formula is C52H82F12N6O12. The fourth-order valence-corrected chi connectivity index (χ4v) is 5.77. The highest BCUT2D eigenvalue weighted by Crippen LogP contribution is 2.39. The Hall–Kier alpha value is -6.01. The number of amides is 4. The molecule has 0 fully saturated rings. The van der Waals surface area contributed by atoms with Crippen LogP contribution in [0.5, 0.6) is 11.5 Å². The molecule has 2 aromatic rings. The van der Waals surface area contributed by atoms with Gasteiger partial charge in [0.15, 0.2) is 0 Å². The molecule has 0 aromatic heterocycles. The van der Waals surface area contributed by atoms with E-state index in [0.717, 1.165) is 0 Å². The third-order valence-electron chi connectivity index (χ3n) is 9.19. The number of alkyl carbamates (subject to hydrolysis) is 2. The van der Waals surface area contributed by atoms with E-state index in [1.807, 2.05) is 41.5 Å². The van der Waals surface area contributed by atoms with Gasteiger partial charge in [0.1, 0.15) is 41.4 Å². The molecule has 0 unspecified atom stereocenters. The summed E-state index contributed by atoms with van der Waals surface area (Å²) in [7, 11) is 0. The number of carbonyl (C=O) groups excluding carboxylic acids is 4. The van der Waals surface area contributed by atoms with Crippen molar-refractivity contribution in [3.05, 3.63) is 58.7 Å². The predicted molar refractivity (Wildman–Crippen MR) is 279 cm³/mol. The van der Waals surface area contributed by atoms with Crippen molar-refractivity contribution in [1.29, 1.82) is 0 Å². The van der Waals surface area contributed by atoms with Crippen LogP contribution in [0.2, 0.25) is 0 Å². The number of aliphatic hydroxyl groups excluding tert-OH is 2. The van der Waals surface area contributed by atoms with Gasteiger partial charge in [-0.05, 0) is 129 Å². The normalized spacial score (nSPS) is 13.8. The zero-order valence-electron chi connectivity index (χ0n) is 48.3. The number of ether oxygens (including phenoxy) is 3. The molecule has 12 N–H and O–H groups in total. The second-order valence-electron chi connectivity index (χ2n) is 21.6. The van der Waals surface area contributed by atoms with Crippen molar-refractivity contribution < 1.29 is 111 Å². The monoisotopic (exact) mass is 1210 g/mol.